The molecule has 0 aliphatic rings. The molecule has 1 aromatic heterocycles. The number of aromatic hydroxyl groups is 1. The number of benzene rings is 2. The topological polar surface area (TPSA) is 126 Å². The Morgan fingerprint density at radius 3 is 2.55 bits per heavy atom. The molecule has 8 heteroatoms. The number of nitrogens with one attached hydrogen (secondary N) is 1. The van der Waals surface area contributed by atoms with Crippen LogP contribution in [0.2, 0.25) is 0 Å². The first-order valence-electron chi connectivity index (χ1n) is 9.91. The minimum absolute atomic E-state index is 0.0397. The van der Waals surface area contributed by atoms with Gasteiger partial charge >= 0.3 is 5.97 Å². The van der Waals surface area contributed by atoms with E-state index in [0.717, 1.165) is 5.56 Å². The molecule has 0 saturated carbocycles. The molecule has 0 fully saturated rings. The van der Waals surface area contributed by atoms with Crippen molar-refractivity contribution in [2.75, 3.05) is 13.2 Å². The highest BCUT2D eigenvalue weighted by atomic mass is 16.5. The standard InChI is InChI=1S/C23H23NO7/c25-17-11-16(30-14-21(27)24-10-6-2-5-9-22(28)29)12-20-23(17)18(26)13-19(31-20)15-7-3-1-4-8-15/h1,3-4,7-8,11-13,25H,2,5-6,9-10,14H2,(H,24,27)(H,28,29). The fourth-order valence-electron chi connectivity index (χ4n) is 3.08. The molecule has 0 aliphatic carbocycles. The number of aliphatic carboxylic acids is 1. The normalized spacial score (nSPS) is 10.7. The van der Waals surface area contributed by atoms with Gasteiger partial charge in [-0.15, -0.1) is 0 Å². The third-order valence-corrected chi connectivity index (χ3v) is 4.60. The molecule has 31 heavy (non-hydrogen) atoms. The molecule has 0 spiro atoms. The SMILES string of the molecule is O=C(O)CCCCCNC(=O)COc1cc(O)c2c(=O)cc(-c3ccccc3)oc2c1. The van der Waals surface area contributed by atoms with Crippen LogP contribution < -0.4 is 15.5 Å². The fraction of sp³-hybridized carbons (Fsp3) is 0.261. The zero-order valence-electron chi connectivity index (χ0n) is 16.8. The van der Waals surface area contributed by atoms with Gasteiger partial charge in [-0.3, -0.25) is 14.4 Å². The third kappa shape index (κ3) is 6.08. The summed E-state index contributed by atoms with van der Waals surface area (Å²) >= 11 is 0. The molecule has 162 valence electrons. The molecule has 0 atom stereocenters. The predicted octanol–water partition coefficient (Wildman–Crippen LogP) is 3.31. The van der Waals surface area contributed by atoms with Gasteiger partial charge in [-0.25, -0.2) is 0 Å². The number of carbonyl (C=O) groups excluding carboxylic acids is 1. The molecule has 2 aromatic carbocycles. The number of hydrogen-bond acceptors (Lipinski definition) is 6. The van der Waals surface area contributed by atoms with E-state index in [1.54, 1.807) is 12.1 Å². The Kier molecular flexibility index (Phi) is 7.26. The van der Waals surface area contributed by atoms with Gasteiger partial charge in [0.05, 0.1) is 0 Å². The number of carbonyl (C=O) groups is 2. The molecule has 0 saturated heterocycles. The van der Waals surface area contributed by atoms with Crippen molar-refractivity contribution in [3.63, 3.8) is 0 Å². The Morgan fingerprint density at radius 1 is 1.03 bits per heavy atom. The largest absolute Gasteiger partial charge is 0.507 e. The molecule has 3 N–H and O–H groups in total. The summed E-state index contributed by atoms with van der Waals surface area (Å²) in [5.41, 5.74) is 0.486. The highest BCUT2D eigenvalue weighted by molar-refractivity contribution is 5.86. The number of rotatable bonds is 10. The zero-order chi connectivity index (χ0) is 22.2. The van der Waals surface area contributed by atoms with E-state index in [1.807, 2.05) is 18.2 Å². The first-order valence-corrected chi connectivity index (χ1v) is 9.91. The lowest BCUT2D eigenvalue weighted by molar-refractivity contribution is -0.137. The lowest BCUT2D eigenvalue weighted by Gasteiger charge is -2.10. The van der Waals surface area contributed by atoms with E-state index in [0.29, 0.717) is 31.6 Å². The smallest absolute Gasteiger partial charge is 0.303 e. The van der Waals surface area contributed by atoms with Gasteiger partial charge in [0.15, 0.2) is 12.0 Å². The Morgan fingerprint density at radius 2 is 1.81 bits per heavy atom. The van der Waals surface area contributed by atoms with E-state index in [9.17, 15) is 19.5 Å². The van der Waals surface area contributed by atoms with Crippen LogP contribution in [-0.4, -0.2) is 35.2 Å². The van der Waals surface area contributed by atoms with Gasteiger partial charge in [-0.05, 0) is 12.8 Å². The van der Waals surface area contributed by atoms with Crippen LogP contribution in [0.15, 0.2) is 57.7 Å². The maximum atomic E-state index is 12.4. The van der Waals surface area contributed by atoms with Crippen molar-refractivity contribution < 1.29 is 29.0 Å². The average molecular weight is 425 g/mol. The fourth-order valence-corrected chi connectivity index (χ4v) is 3.08. The molecule has 0 aliphatic heterocycles. The summed E-state index contributed by atoms with van der Waals surface area (Å²) in [6.45, 7) is 0.142. The van der Waals surface area contributed by atoms with E-state index < -0.39 is 5.97 Å². The highest BCUT2D eigenvalue weighted by Crippen LogP contribution is 2.31. The van der Waals surface area contributed by atoms with Crippen LogP contribution in [-0.2, 0) is 9.59 Å². The van der Waals surface area contributed by atoms with Crippen molar-refractivity contribution in [1.82, 2.24) is 5.32 Å². The number of phenols is 1. The summed E-state index contributed by atoms with van der Waals surface area (Å²) in [5, 5.41) is 21.5. The lowest BCUT2D eigenvalue weighted by Crippen LogP contribution is -2.29. The molecule has 1 amide bonds. The van der Waals surface area contributed by atoms with Crippen molar-refractivity contribution in [3.8, 4) is 22.8 Å². The minimum Gasteiger partial charge on any atom is -0.507 e. The molecule has 0 unspecified atom stereocenters. The number of unbranched alkanes of at least 4 members (excludes halogenated alkanes) is 2. The monoisotopic (exact) mass is 425 g/mol. The first-order chi connectivity index (χ1) is 14.9. The van der Waals surface area contributed by atoms with E-state index in [-0.39, 0.29) is 46.8 Å². The van der Waals surface area contributed by atoms with Crippen molar-refractivity contribution in [1.29, 1.82) is 0 Å². The van der Waals surface area contributed by atoms with E-state index in [4.69, 9.17) is 14.3 Å². The second-order valence-corrected chi connectivity index (χ2v) is 7.00. The molecule has 8 nitrogen and oxygen atoms in total. The number of fused-ring (bicyclic) bond motifs is 1. The van der Waals surface area contributed by atoms with Crippen LogP contribution in [0.25, 0.3) is 22.3 Å². The van der Waals surface area contributed by atoms with Gasteiger partial charge in [0.1, 0.15) is 28.2 Å². The van der Waals surface area contributed by atoms with Crippen molar-refractivity contribution >= 4 is 22.8 Å². The Balaban J connectivity index is 1.63. The molecule has 0 radical (unpaired) electrons. The number of carboxylic acid groups (broad SMARTS) is 1. The second-order valence-electron chi connectivity index (χ2n) is 7.00. The Bertz CT molecular complexity index is 1120. The lowest BCUT2D eigenvalue weighted by atomic mass is 10.1. The number of ether oxygens (including phenoxy) is 1. The van der Waals surface area contributed by atoms with Gasteiger partial charge in [-0.2, -0.15) is 0 Å². The molecule has 3 rings (SSSR count). The average Bonchev–Trinajstić information content (AvgIpc) is 2.74. The van der Waals surface area contributed by atoms with Crippen LogP contribution in [0.1, 0.15) is 25.7 Å². The van der Waals surface area contributed by atoms with E-state index >= 15 is 0 Å². The van der Waals surface area contributed by atoms with Crippen LogP contribution in [0.4, 0.5) is 0 Å². The summed E-state index contributed by atoms with van der Waals surface area (Å²) in [6.07, 6.45) is 2.05. The van der Waals surface area contributed by atoms with Crippen molar-refractivity contribution in [3.05, 3.63) is 58.8 Å². The molecule has 3 aromatic rings. The van der Waals surface area contributed by atoms with Crippen molar-refractivity contribution in [2.45, 2.75) is 25.7 Å². The van der Waals surface area contributed by atoms with Gasteiger partial charge in [0.25, 0.3) is 5.91 Å². The number of carboxylic acids is 1. The third-order valence-electron chi connectivity index (χ3n) is 4.60. The molecule has 1 heterocycles. The number of phenolic OH excluding ortho intramolecular Hbond substituents is 1. The van der Waals surface area contributed by atoms with Gasteiger partial charge in [0, 0.05) is 36.7 Å². The minimum atomic E-state index is -0.831. The van der Waals surface area contributed by atoms with Crippen LogP contribution >= 0.6 is 0 Å². The Labute approximate surface area is 178 Å². The quantitative estimate of drug-likeness (QED) is 0.425. The summed E-state index contributed by atoms with van der Waals surface area (Å²) < 4.78 is 11.2. The summed E-state index contributed by atoms with van der Waals surface area (Å²) in [6, 6.07) is 13.1. The van der Waals surface area contributed by atoms with E-state index in [2.05, 4.69) is 5.32 Å². The number of amides is 1. The van der Waals surface area contributed by atoms with Crippen molar-refractivity contribution in [2.24, 2.45) is 0 Å². The van der Waals surface area contributed by atoms with Crippen LogP contribution in [0.5, 0.6) is 11.5 Å². The zero-order valence-corrected chi connectivity index (χ0v) is 16.8. The maximum absolute atomic E-state index is 12.4. The number of hydrogen-bond donors (Lipinski definition) is 3. The predicted molar refractivity (Wildman–Crippen MR) is 114 cm³/mol. The van der Waals surface area contributed by atoms with Crippen LogP contribution in [0.3, 0.4) is 0 Å². The molecular weight excluding hydrogens is 402 g/mol. The van der Waals surface area contributed by atoms with Crippen LogP contribution in [0, 0.1) is 0 Å². The van der Waals surface area contributed by atoms with E-state index in [1.165, 1.54) is 18.2 Å². The summed E-state index contributed by atoms with van der Waals surface area (Å²) in [7, 11) is 0. The Hall–Kier alpha value is -3.81. The van der Waals surface area contributed by atoms with Gasteiger partial charge in [0.2, 0.25) is 0 Å². The maximum Gasteiger partial charge on any atom is 0.303 e. The van der Waals surface area contributed by atoms with Gasteiger partial charge < -0.3 is 24.7 Å². The van der Waals surface area contributed by atoms with Gasteiger partial charge in [-0.1, -0.05) is 36.8 Å². The summed E-state index contributed by atoms with van der Waals surface area (Å²) in [5.74, 6) is -0.926. The molecule has 0 bridgehead atoms. The highest BCUT2D eigenvalue weighted by Gasteiger charge is 2.13. The molecular formula is C23H23NO7. The first kappa shape index (κ1) is 21.9. The summed E-state index contributed by atoms with van der Waals surface area (Å²) in [4.78, 5) is 34.8. The second kappa shape index (κ2) is 10.3.